The van der Waals surface area contributed by atoms with Crippen molar-refractivity contribution in [2.75, 3.05) is 19.6 Å². The van der Waals surface area contributed by atoms with Crippen LogP contribution in [0.4, 0.5) is 0 Å². The Morgan fingerprint density at radius 2 is 2.04 bits per heavy atom. The molecule has 0 amide bonds. The Balaban J connectivity index is 1.40. The molecule has 0 fully saturated rings. The van der Waals surface area contributed by atoms with Crippen LogP contribution in [0, 0.1) is 0 Å². The maximum absolute atomic E-state index is 10.3. The fourth-order valence-corrected chi connectivity index (χ4v) is 3.16. The van der Waals surface area contributed by atoms with E-state index >= 15 is 0 Å². The highest BCUT2D eigenvalue weighted by Crippen LogP contribution is 2.18. The van der Waals surface area contributed by atoms with Gasteiger partial charge in [-0.3, -0.25) is 9.58 Å². The van der Waals surface area contributed by atoms with Crippen LogP contribution in [-0.4, -0.2) is 51.6 Å². The molecule has 2 atom stereocenters. The highest BCUT2D eigenvalue weighted by molar-refractivity contribution is 5.29. The van der Waals surface area contributed by atoms with Crippen molar-refractivity contribution in [3.05, 3.63) is 53.9 Å². The van der Waals surface area contributed by atoms with Gasteiger partial charge < -0.3 is 10.4 Å². The Bertz CT molecular complexity index is 599. The van der Waals surface area contributed by atoms with Gasteiger partial charge in [-0.2, -0.15) is 5.10 Å². The molecule has 5 heteroatoms. The molecular formula is C18H26N4O. The molecule has 0 aliphatic carbocycles. The van der Waals surface area contributed by atoms with Crippen LogP contribution in [0.25, 0.3) is 0 Å². The van der Waals surface area contributed by atoms with Crippen LogP contribution < -0.4 is 5.32 Å². The summed E-state index contributed by atoms with van der Waals surface area (Å²) >= 11 is 0. The molecular weight excluding hydrogens is 288 g/mol. The van der Waals surface area contributed by atoms with Gasteiger partial charge in [0.25, 0.3) is 0 Å². The maximum Gasteiger partial charge on any atom is 0.0791 e. The van der Waals surface area contributed by atoms with Crippen molar-refractivity contribution in [3.8, 4) is 0 Å². The number of β-amino-alcohol motifs (C(OH)–C–C–N with tert-alkyl or cyclic N) is 1. The zero-order valence-corrected chi connectivity index (χ0v) is 13.7. The molecule has 0 saturated heterocycles. The van der Waals surface area contributed by atoms with Crippen LogP contribution >= 0.6 is 0 Å². The number of fused-ring (bicyclic) bond motifs is 1. The first-order chi connectivity index (χ1) is 11.2. The zero-order chi connectivity index (χ0) is 16.1. The molecule has 3 rings (SSSR count). The predicted octanol–water partition coefficient (Wildman–Crippen LogP) is 1.28. The van der Waals surface area contributed by atoms with E-state index in [0.717, 1.165) is 32.6 Å². The van der Waals surface area contributed by atoms with E-state index in [1.807, 2.05) is 16.9 Å². The topological polar surface area (TPSA) is 53.3 Å². The van der Waals surface area contributed by atoms with E-state index in [0.29, 0.717) is 6.54 Å². The van der Waals surface area contributed by atoms with Crippen molar-refractivity contribution >= 4 is 0 Å². The van der Waals surface area contributed by atoms with Crippen LogP contribution in [0.2, 0.25) is 0 Å². The summed E-state index contributed by atoms with van der Waals surface area (Å²) in [5, 5.41) is 17.9. The molecule has 5 nitrogen and oxygen atoms in total. The van der Waals surface area contributed by atoms with Crippen LogP contribution in [0.1, 0.15) is 18.1 Å². The minimum absolute atomic E-state index is 0.284. The third-order valence-corrected chi connectivity index (χ3v) is 4.40. The van der Waals surface area contributed by atoms with E-state index in [4.69, 9.17) is 0 Å². The van der Waals surface area contributed by atoms with Gasteiger partial charge in [0.1, 0.15) is 0 Å². The van der Waals surface area contributed by atoms with Gasteiger partial charge in [0.2, 0.25) is 0 Å². The summed E-state index contributed by atoms with van der Waals surface area (Å²) in [7, 11) is 0. The van der Waals surface area contributed by atoms with Gasteiger partial charge in [-0.05, 0) is 30.5 Å². The summed E-state index contributed by atoms with van der Waals surface area (Å²) in [6.45, 7) is 6.23. The normalized spacial score (nSPS) is 17.7. The van der Waals surface area contributed by atoms with Gasteiger partial charge in [-0.15, -0.1) is 0 Å². The molecule has 2 aromatic rings. The highest BCUT2D eigenvalue weighted by atomic mass is 16.3. The molecule has 0 saturated carbocycles. The van der Waals surface area contributed by atoms with E-state index in [-0.39, 0.29) is 12.1 Å². The number of aliphatic hydroxyl groups excluding tert-OH is 1. The van der Waals surface area contributed by atoms with Crippen molar-refractivity contribution in [1.82, 2.24) is 20.0 Å². The van der Waals surface area contributed by atoms with E-state index in [1.54, 1.807) is 6.20 Å². The van der Waals surface area contributed by atoms with Crippen molar-refractivity contribution in [2.24, 2.45) is 0 Å². The third kappa shape index (κ3) is 4.64. The average Bonchev–Trinajstić information content (AvgIpc) is 3.06. The lowest BCUT2D eigenvalue weighted by Crippen LogP contribution is -2.43. The van der Waals surface area contributed by atoms with Crippen LogP contribution in [0.15, 0.2) is 42.7 Å². The van der Waals surface area contributed by atoms with Gasteiger partial charge in [0.15, 0.2) is 0 Å². The summed E-state index contributed by atoms with van der Waals surface area (Å²) in [6.07, 6.45) is 4.47. The molecule has 23 heavy (non-hydrogen) atoms. The second-order valence-electron chi connectivity index (χ2n) is 6.45. The first-order valence-corrected chi connectivity index (χ1v) is 8.38. The Labute approximate surface area is 137 Å². The number of hydrogen-bond acceptors (Lipinski definition) is 4. The quantitative estimate of drug-likeness (QED) is 0.808. The van der Waals surface area contributed by atoms with Crippen molar-refractivity contribution in [2.45, 2.75) is 38.6 Å². The summed E-state index contributed by atoms with van der Waals surface area (Å²) < 4.78 is 1.91. The molecule has 1 aromatic carbocycles. The minimum atomic E-state index is -0.347. The molecule has 124 valence electrons. The summed E-state index contributed by atoms with van der Waals surface area (Å²) in [5.41, 5.74) is 2.84. The lowest BCUT2D eigenvalue weighted by atomic mass is 10.00. The largest absolute Gasteiger partial charge is 0.390 e. The smallest absolute Gasteiger partial charge is 0.0791 e. The number of aromatic nitrogens is 2. The second-order valence-corrected chi connectivity index (χ2v) is 6.45. The van der Waals surface area contributed by atoms with E-state index in [2.05, 4.69) is 46.5 Å². The van der Waals surface area contributed by atoms with Crippen molar-refractivity contribution in [3.63, 3.8) is 0 Å². The third-order valence-electron chi connectivity index (χ3n) is 4.40. The van der Waals surface area contributed by atoms with Gasteiger partial charge in [-0.25, -0.2) is 0 Å². The molecule has 0 spiro atoms. The Kier molecular flexibility index (Phi) is 5.43. The molecule has 0 radical (unpaired) electrons. The molecule has 0 bridgehead atoms. The fourth-order valence-electron chi connectivity index (χ4n) is 3.16. The molecule has 2 unspecified atom stereocenters. The summed E-state index contributed by atoms with van der Waals surface area (Å²) in [6, 6.07) is 10.8. The molecule has 1 aliphatic rings. The monoisotopic (exact) mass is 314 g/mol. The highest BCUT2D eigenvalue weighted by Gasteiger charge is 2.18. The number of hydrogen-bond donors (Lipinski definition) is 2. The van der Waals surface area contributed by atoms with Gasteiger partial charge >= 0.3 is 0 Å². The van der Waals surface area contributed by atoms with E-state index in [1.165, 1.54) is 11.1 Å². The first kappa shape index (κ1) is 16.2. The summed E-state index contributed by atoms with van der Waals surface area (Å²) in [5.74, 6) is 0. The van der Waals surface area contributed by atoms with Crippen molar-refractivity contribution in [1.29, 1.82) is 0 Å². The van der Waals surface area contributed by atoms with E-state index in [9.17, 15) is 5.11 Å². The number of nitrogens with zero attached hydrogens (tertiary/aromatic N) is 3. The van der Waals surface area contributed by atoms with Crippen LogP contribution in [0.5, 0.6) is 0 Å². The Hall–Kier alpha value is -1.69. The van der Waals surface area contributed by atoms with Crippen LogP contribution in [-0.2, 0) is 19.5 Å². The number of nitrogens with one attached hydrogen (secondary N) is 1. The molecule has 2 heterocycles. The van der Waals surface area contributed by atoms with Gasteiger partial charge in [0, 0.05) is 44.6 Å². The molecule has 2 N–H and O–H groups in total. The van der Waals surface area contributed by atoms with Crippen molar-refractivity contribution < 1.29 is 5.11 Å². The molecule has 1 aromatic heterocycles. The van der Waals surface area contributed by atoms with Crippen LogP contribution in [0.3, 0.4) is 0 Å². The Morgan fingerprint density at radius 3 is 2.83 bits per heavy atom. The minimum Gasteiger partial charge on any atom is -0.390 e. The Morgan fingerprint density at radius 1 is 1.22 bits per heavy atom. The maximum atomic E-state index is 10.3. The predicted molar refractivity (Wildman–Crippen MR) is 91.1 cm³/mol. The number of rotatable bonds is 7. The lowest BCUT2D eigenvalue weighted by molar-refractivity contribution is 0.102. The standard InChI is InChI=1S/C18H26N4O/c1-15(12-22-9-4-8-20-22)19-11-18(23)14-21-10-7-16-5-2-3-6-17(16)13-21/h2-6,8-9,15,18-19,23H,7,10-14H2,1H3. The zero-order valence-electron chi connectivity index (χ0n) is 13.7. The number of aliphatic hydroxyl groups is 1. The van der Waals surface area contributed by atoms with Gasteiger partial charge in [0.05, 0.1) is 12.6 Å². The first-order valence-electron chi connectivity index (χ1n) is 8.38. The van der Waals surface area contributed by atoms with Gasteiger partial charge in [-0.1, -0.05) is 24.3 Å². The average molecular weight is 314 g/mol. The number of benzene rings is 1. The SMILES string of the molecule is CC(Cn1cccn1)NCC(O)CN1CCc2ccccc2C1. The summed E-state index contributed by atoms with van der Waals surface area (Å²) in [4.78, 5) is 2.34. The molecule has 1 aliphatic heterocycles. The lowest BCUT2D eigenvalue weighted by Gasteiger charge is -2.30. The fraction of sp³-hybridized carbons (Fsp3) is 0.500. The van der Waals surface area contributed by atoms with E-state index < -0.39 is 0 Å². The second kappa shape index (κ2) is 7.73.